The molecule has 8 aromatic carbocycles. The third-order valence-corrected chi connectivity index (χ3v) is 11.8. The molecule has 1 nitrogen and oxygen atoms in total. The highest BCUT2D eigenvalue weighted by molar-refractivity contribution is 6.04. The number of hydrogen-bond donors (Lipinski definition) is 0. The van der Waals surface area contributed by atoms with E-state index in [0.29, 0.717) is 0 Å². The second-order valence-corrected chi connectivity index (χ2v) is 15.4. The zero-order chi connectivity index (χ0) is 34.5. The van der Waals surface area contributed by atoms with Gasteiger partial charge < -0.3 is 4.90 Å². The maximum atomic E-state index is 2.45. The van der Waals surface area contributed by atoms with Crippen molar-refractivity contribution < 1.29 is 0 Å². The highest BCUT2D eigenvalue weighted by atomic mass is 15.1. The van der Waals surface area contributed by atoms with Crippen LogP contribution in [0, 0.1) is 0 Å². The van der Waals surface area contributed by atoms with E-state index in [1.165, 1.54) is 82.9 Å². The van der Waals surface area contributed by atoms with Crippen LogP contribution in [0.1, 0.15) is 49.9 Å². The van der Waals surface area contributed by atoms with Gasteiger partial charge in [-0.3, -0.25) is 0 Å². The van der Waals surface area contributed by atoms with Crippen LogP contribution in [0.4, 0.5) is 17.1 Å². The largest absolute Gasteiger partial charge is 0.310 e. The van der Waals surface area contributed by atoms with Gasteiger partial charge in [-0.1, -0.05) is 143 Å². The van der Waals surface area contributed by atoms with Crippen molar-refractivity contribution in [2.24, 2.45) is 0 Å². The molecule has 0 fully saturated rings. The van der Waals surface area contributed by atoms with E-state index in [1.807, 2.05) is 0 Å². The van der Waals surface area contributed by atoms with Crippen LogP contribution in [0.3, 0.4) is 0 Å². The molecule has 2 aliphatic carbocycles. The van der Waals surface area contributed by atoms with E-state index in [9.17, 15) is 0 Å². The van der Waals surface area contributed by atoms with Gasteiger partial charge in [-0.25, -0.2) is 0 Å². The average Bonchev–Trinajstić information content (AvgIpc) is 3.53. The van der Waals surface area contributed by atoms with Gasteiger partial charge in [0.1, 0.15) is 0 Å². The maximum Gasteiger partial charge on any atom is 0.0468 e. The minimum absolute atomic E-state index is 0.0472. The van der Waals surface area contributed by atoms with E-state index in [1.54, 1.807) is 0 Å². The normalized spacial score (nSPS) is 14.6. The zero-order valence-electron chi connectivity index (χ0n) is 29.5. The van der Waals surface area contributed by atoms with E-state index in [2.05, 4.69) is 196 Å². The number of anilines is 3. The fraction of sp³-hybridized carbons (Fsp3) is 0.120. The van der Waals surface area contributed by atoms with Gasteiger partial charge in [0.2, 0.25) is 0 Å². The molecule has 244 valence electrons. The fourth-order valence-corrected chi connectivity index (χ4v) is 9.08. The Labute approximate surface area is 300 Å². The minimum atomic E-state index is -0.132. The summed E-state index contributed by atoms with van der Waals surface area (Å²) >= 11 is 0. The topological polar surface area (TPSA) is 3.24 Å². The van der Waals surface area contributed by atoms with Crippen LogP contribution in [-0.4, -0.2) is 0 Å². The Bertz CT molecular complexity index is 2680. The molecule has 0 heterocycles. The highest BCUT2D eigenvalue weighted by Crippen LogP contribution is 2.54. The Morgan fingerprint density at radius 3 is 1.75 bits per heavy atom. The molecule has 0 saturated carbocycles. The lowest BCUT2D eigenvalue weighted by atomic mass is 9.81. The second kappa shape index (κ2) is 10.8. The Morgan fingerprint density at radius 1 is 0.353 bits per heavy atom. The summed E-state index contributed by atoms with van der Waals surface area (Å²) in [4.78, 5) is 2.45. The van der Waals surface area contributed by atoms with Crippen LogP contribution < -0.4 is 4.90 Å². The van der Waals surface area contributed by atoms with Gasteiger partial charge in [0, 0.05) is 27.9 Å². The summed E-state index contributed by atoms with van der Waals surface area (Å²) < 4.78 is 0. The Morgan fingerprint density at radius 2 is 0.941 bits per heavy atom. The molecule has 0 saturated heterocycles. The summed E-state index contributed by atoms with van der Waals surface area (Å²) in [6.45, 7) is 9.49. The summed E-state index contributed by atoms with van der Waals surface area (Å²) in [6, 6.07) is 61.0. The molecule has 0 atom stereocenters. The molecular weight excluding hydrogens is 615 g/mol. The molecule has 8 aromatic rings. The quantitative estimate of drug-likeness (QED) is 0.183. The first-order valence-corrected chi connectivity index (χ1v) is 18.1. The molecule has 2 aliphatic rings. The van der Waals surface area contributed by atoms with Gasteiger partial charge >= 0.3 is 0 Å². The van der Waals surface area contributed by atoms with E-state index in [-0.39, 0.29) is 10.8 Å². The number of benzene rings is 8. The average molecular weight is 654 g/mol. The lowest BCUT2D eigenvalue weighted by molar-refractivity contribution is 0.661. The predicted molar refractivity (Wildman–Crippen MR) is 217 cm³/mol. The Hall–Kier alpha value is -5.92. The Balaban J connectivity index is 1.17. The zero-order valence-corrected chi connectivity index (χ0v) is 29.5. The molecule has 51 heavy (non-hydrogen) atoms. The minimum Gasteiger partial charge on any atom is -0.310 e. The predicted octanol–water partition coefficient (Wildman–Crippen LogP) is 13.7. The van der Waals surface area contributed by atoms with Gasteiger partial charge in [0.15, 0.2) is 0 Å². The van der Waals surface area contributed by atoms with Gasteiger partial charge in [-0.15, -0.1) is 0 Å². The fourth-order valence-electron chi connectivity index (χ4n) is 9.08. The first-order valence-electron chi connectivity index (χ1n) is 18.1. The first kappa shape index (κ1) is 29.9. The monoisotopic (exact) mass is 653 g/mol. The van der Waals surface area contributed by atoms with Crippen molar-refractivity contribution >= 4 is 38.6 Å². The van der Waals surface area contributed by atoms with Crippen molar-refractivity contribution in [2.45, 2.75) is 38.5 Å². The molecule has 0 N–H and O–H groups in total. The van der Waals surface area contributed by atoms with E-state index >= 15 is 0 Å². The lowest BCUT2D eigenvalue weighted by Gasteiger charge is -2.29. The van der Waals surface area contributed by atoms with E-state index in [0.717, 1.165) is 11.4 Å². The lowest BCUT2D eigenvalue weighted by Crippen LogP contribution is -2.16. The van der Waals surface area contributed by atoms with Crippen molar-refractivity contribution in [3.8, 4) is 33.4 Å². The third kappa shape index (κ3) is 4.41. The molecule has 0 spiro atoms. The van der Waals surface area contributed by atoms with Crippen LogP contribution in [0.2, 0.25) is 0 Å². The van der Waals surface area contributed by atoms with E-state index < -0.39 is 0 Å². The SMILES string of the molecule is CC1(C)c2cc(N(c3ccc(-c4ccccc4)cc3)c3ccc4ccc5c(c4c3)-c3ccccc3C5(C)C)ccc2-c2cc3ccccc3cc21. The molecule has 10 rings (SSSR count). The van der Waals surface area contributed by atoms with Crippen LogP contribution in [0.25, 0.3) is 54.9 Å². The molecule has 0 amide bonds. The summed E-state index contributed by atoms with van der Waals surface area (Å²) in [7, 11) is 0. The van der Waals surface area contributed by atoms with Crippen LogP contribution in [-0.2, 0) is 10.8 Å². The van der Waals surface area contributed by atoms with Crippen LogP contribution >= 0.6 is 0 Å². The van der Waals surface area contributed by atoms with Crippen molar-refractivity contribution in [3.63, 3.8) is 0 Å². The van der Waals surface area contributed by atoms with Gasteiger partial charge in [0.05, 0.1) is 0 Å². The van der Waals surface area contributed by atoms with Crippen molar-refractivity contribution in [2.75, 3.05) is 4.90 Å². The smallest absolute Gasteiger partial charge is 0.0468 e. The second-order valence-electron chi connectivity index (χ2n) is 15.4. The molecule has 0 bridgehead atoms. The standard InChI is InChI=1S/C50H39N/c1-49(2)44-17-11-10-16-41(44)48-42-30-38(24-20-34(42)21-27-45(48)49)51(37-22-18-33(19-23-37)32-12-6-5-7-13-32)39-25-26-40-43-28-35-14-8-9-15-36(35)29-46(43)50(3,4)47(40)31-39/h5-31H,1-4H3. The summed E-state index contributed by atoms with van der Waals surface area (Å²) in [5.74, 6) is 0. The maximum absolute atomic E-state index is 2.45. The number of rotatable bonds is 4. The van der Waals surface area contributed by atoms with Crippen LogP contribution in [0.5, 0.6) is 0 Å². The summed E-state index contributed by atoms with van der Waals surface area (Å²) in [5.41, 5.74) is 16.7. The molecule has 0 aliphatic heterocycles. The number of fused-ring (bicyclic) bond motifs is 9. The third-order valence-electron chi connectivity index (χ3n) is 11.8. The van der Waals surface area contributed by atoms with E-state index in [4.69, 9.17) is 0 Å². The molecular formula is C50H39N. The van der Waals surface area contributed by atoms with Gasteiger partial charge in [-0.05, 0) is 126 Å². The van der Waals surface area contributed by atoms with Gasteiger partial charge in [-0.2, -0.15) is 0 Å². The first-order chi connectivity index (χ1) is 24.8. The van der Waals surface area contributed by atoms with Crippen molar-refractivity contribution in [1.82, 2.24) is 0 Å². The summed E-state index contributed by atoms with van der Waals surface area (Å²) in [5, 5.41) is 5.15. The highest BCUT2D eigenvalue weighted by Gasteiger charge is 2.38. The molecule has 0 radical (unpaired) electrons. The number of hydrogen-bond acceptors (Lipinski definition) is 1. The molecule has 0 aromatic heterocycles. The number of nitrogens with zero attached hydrogens (tertiary/aromatic N) is 1. The molecule has 0 unspecified atom stereocenters. The van der Waals surface area contributed by atoms with Crippen molar-refractivity contribution in [3.05, 3.63) is 186 Å². The van der Waals surface area contributed by atoms with Crippen LogP contribution in [0.15, 0.2) is 164 Å². The Kier molecular flexibility index (Phi) is 6.34. The van der Waals surface area contributed by atoms with Crippen molar-refractivity contribution in [1.29, 1.82) is 0 Å². The van der Waals surface area contributed by atoms with Gasteiger partial charge in [0.25, 0.3) is 0 Å². The summed E-state index contributed by atoms with van der Waals surface area (Å²) in [6.07, 6.45) is 0. The molecule has 1 heteroatoms.